The van der Waals surface area contributed by atoms with Crippen LogP contribution in [0.25, 0.3) is 20.2 Å². The van der Waals surface area contributed by atoms with Gasteiger partial charge in [-0.2, -0.15) is 0 Å². The van der Waals surface area contributed by atoms with Gasteiger partial charge in [0, 0.05) is 15.5 Å². The lowest BCUT2D eigenvalue weighted by Gasteiger charge is -2.18. The van der Waals surface area contributed by atoms with Crippen LogP contribution >= 0.6 is 34.2 Å². The highest BCUT2D eigenvalue weighted by Crippen LogP contribution is 2.43. The first-order chi connectivity index (χ1) is 12.6. The van der Waals surface area contributed by atoms with Gasteiger partial charge in [-0.15, -0.1) is 11.3 Å². The van der Waals surface area contributed by atoms with Crippen molar-refractivity contribution in [3.63, 3.8) is 0 Å². The standard InChI is InChI=1S/C22H22INSSi/c1-4-15-7-5-8-18-19-9-6-10-20(22(19)25-21(15)18)24(23)16-11-13-17(14-12-16)26(2)3/h5-14,26H,4H2,1-3H3. The number of anilines is 2. The quantitative estimate of drug-likeness (QED) is 0.174. The van der Waals surface area contributed by atoms with Crippen molar-refractivity contribution in [3.8, 4) is 0 Å². The van der Waals surface area contributed by atoms with Crippen molar-refractivity contribution < 1.29 is 0 Å². The number of fused-ring (bicyclic) bond motifs is 3. The van der Waals surface area contributed by atoms with Crippen molar-refractivity contribution in [1.29, 1.82) is 0 Å². The normalized spacial score (nSPS) is 11.6. The van der Waals surface area contributed by atoms with E-state index in [2.05, 4.69) is 107 Å². The topological polar surface area (TPSA) is 3.24 Å². The second-order valence-corrected chi connectivity index (χ2v) is 11.9. The smallest absolute Gasteiger partial charge is 0.0689 e. The molecule has 0 bridgehead atoms. The van der Waals surface area contributed by atoms with Gasteiger partial charge in [0.25, 0.3) is 0 Å². The number of hydrogen-bond donors (Lipinski definition) is 0. The summed E-state index contributed by atoms with van der Waals surface area (Å²) in [6, 6.07) is 22.5. The Morgan fingerprint density at radius 2 is 1.54 bits per heavy atom. The van der Waals surface area contributed by atoms with Gasteiger partial charge in [-0.3, -0.25) is 3.11 Å². The van der Waals surface area contributed by atoms with Crippen molar-refractivity contribution in [2.24, 2.45) is 0 Å². The predicted molar refractivity (Wildman–Crippen MR) is 130 cm³/mol. The molecule has 3 aromatic carbocycles. The molecule has 0 aliphatic carbocycles. The third-order valence-electron chi connectivity index (χ3n) is 4.96. The highest BCUT2D eigenvalue weighted by molar-refractivity contribution is 14.1. The average Bonchev–Trinajstić information content (AvgIpc) is 3.06. The number of aryl methyl sites for hydroxylation is 1. The molecule has 132 valence electrons. The molecule has 4 rings (SSSR count). The molecule has 0 atom stereocenters. The van der Waals surface area contributed by atoms with Gasteiger partial charge in [-0.05, 0) is 30.2 Å². The summed E-state index contributed by atoms with van der Waals surface area (Å²) in [6.07, 6.45) is 1.08. The van der Waals surface area contributed by atoms with E-state index in [1.165, 1.54) is 42.3 Å². The molecule has 1 aromatic heterocycles. The van der Waals surface area contributed by atoms with E-state index in [0.717, 1.165) is 6.42 Å². The lowest BCUT2D eigenvalue weighted by molar-refractivity contribution is 1.16. The average molecular weight is 487 g/mol. The van der Waals surface area contributed by atoms with Crippen molar-refractivity contribution in [2.45, 2.75) is 26.4 Å². The molecule has 0 fully saturated rings. The summed E-state index contributed by atoms with van der Waals surface area (Å²) in [7, 11) is -0.744. The Morgan fingerprint density at radius 3 is 2.19 bits per heavy atom. The molecule has 26 heavy (non-hydrogen) atoms. The third-order valence-corrected chi connectivity index (χ3v) is 9.08. The maximum atomic E-state index is 2.44. The van der Waals surface area contributed by atoms with Crippen LogP contribution in [0.1, 0.15) is 12.5 Å². The highest BCUT2D eigenvalue weighted by atomic mass is 127. The molecular weight excluding hydrogens is 465 g/mol. The Labute approximate surface area is 174 Å². The first-order valence-corrected chi connectivity index (χ1v) is 13.8. The van der Waals surface area contributed by atoms with Gasteiger partial charge in [-0.1, -0.05) is 67.7 Å². The molecule has 0 saturated heterocycles. The number of nitrogens with zero attached hydrogens (tertiary/aromatic N) is 1. The maximum absolute atomic E-state index is 2.44. The van der Waals surface area contributed by atoms with E-state index in [1.54, 1.807) is 0 Å². The zero-order chi connectivity index (χ0) is 18.3. The zero-order valence-corrected chi connectivity index (χ0v) is 19.4. The van der Waals surface area contributed by atoms with Gasteiger partial charge >= 0.3 is 0 Å². The van der Waals surface area contributed by atoms with Crippen LogP contribution in [0.4, 0.5) is 11.4 Å². The van der Waals surface area contributed by atoms with Gasteiger partial charge in [0.05, 0.1) is 47.7 Å². The van der Waals surface area contributed by atoms with Crippen LogP contribution in [0.3, 0.4) is 0 Å². The van der Waals surface area contributed by atoms with Gasteiger partial charge in [0.1, 0.15) is 0 Å². The van der Waals surface area contributed by atoms with Crippen LogP contribution < -0.4 is 8.30 Å². The summed E-state index contributed by atoms with van der Waals surface area (Å²) in [5, 5.41) is 4.27. The van der Waals surface area contributed by atoms with E-state index in [9.17, 15) is 0 Å². The molecular formula is C22H22INSSi. The molecule has 0 aliphatic rings. The zero-order valence-electron chi connectivity index (χ0n) is 15.3. The Hall–Kier alpha value is -1.37. The summed E-state index contributed by atoms with van der Waals surface area (Å²) in [6.45, 7) is 6.99. The molecule has 0 unspecified atom stereocenters. The van der Waals surface area contributed by atoms with Gasteiger partial charge in [0.15, 0.2) is 0 Å². The molecule has 4 heteroatoms. The summed E-state index contributed by atoms with van der Waals surface area (Å²) in [5.41, 5.74) is 3.96. The van der Waals surface area contributed by atoms with E-state index in [1.807, 2.05) is 11.3 Å². The Bertz CT molecular complexity index is 1070. The molecule has 0 N–H and O–H groups in total. The molecule has 1 nitrogen and oxygen atoms in total. The first kappa shape index (κ1) is 18.0. The summed E-state index contributed by atoms with van der Waals surface area (Å²) < 4.78 is 5.11. The maximum Gasteiger partial charge on any atom is 0.0689 e. The molecule has 1 heterocycles. The minimum atomic E-state index is -0.744. The molecule has 0 radical (unpaired) electrons. The summed E-state index contributed by atoms with van der Waals surface area (Å²) in [5.74, 6) is 0. The molecule has 0 aliphatic heterocycles. The van der Waals surface area contributed by atoms with Crippen molar-refractivity contribution in [3.05, 3.63) is 66.2 Å². The predicted octanol–water partition coefficient (Wildman–Crippen LogP) is 6.80. The fourth-order valence-corrected chi connectivity index (χ4v) is 6.66. The van der Waals surface area contributed by atoms with Crippen molar-refractivity contribution >= 4 is 79.7 Å². The number of rotatable bonds is 4. The van der Waals surface area contributed by atoms with Crippen LogP contribution in [-0.2, 0) is 6.42 Å². The Balaban J connectivity index is 1.85. The van der Waals surface area contributed by atoms with Crippen LogP contribution in [0, 0.1) is 0 Å². The van der Waals surface area contributed by atoms with Crippen LogP contribution in [-0.4, -0.2) is 8.80 Å². The van der Waals surface area contributed by atoms with Crippen LogP contribution in [0.15, 0.2) is 60.7 Å². The SMILES string of the molecule is CCc1cccc2c1sc1c(N(I)c3ccc([SiH](C)C)cc3)cccc12. The first-order valence-electron chi connectivity index (χ1n) is 9.09. The second kappa shape index (κ2) is 7.33. The number of hydrogen-bond acceptors (Lipinski definition) is 2. The summed E-state index contributed by atoms with van der Waals surface area (Å²) in [4.78, 5) is 0. The van der Waals surface area contributed by atoms with E-state index < -0.39 is 8.80 Å². The fraction of sp³-hybridized carbons (Fsp3) is 0.182. The molecule has 0 amide bonds. The lowest BCUT2D eigenvalue weighted by atomic mass is 10.1. The number of benzene rings is 3. The number of halogens is 1. The monoisotopic (exact) mass is 487 g/mol. The largest absolute Gasteiger partial charge is 0.282 e. The molecule has 0 spiro atoms. The molecule has 0 saturated carbocycles. The van der Waals surface area contributed by atoms with E-state index in [0.29, 0.717) is 0 Å². The fourth-order valence-electron chi connectivity index (χ4n) is 3.43. The lowest BCUT2D eigenvalue weighted by Crippen LogP contribution is -2.22. The number of thiophene rings is 1. The van der Waals surface area contributed by atoms with Crippen LogP contribution in [0.2, 0.25) is 13.1 Å². The van der Waals surface area contributed by atoms with Gasteiger partial charge in [0.2, 0.25) is 0 Å². The van der Waals surface area contributed by atoms with Gasteiger partial charge < -0.3 is 0 Å². The van der Waals surface area contributed by atoms with Crippen LogP contribution in [0.5, 0.6) is 0 Å². The van der Waals surface area contributed by atoms with E-state index in [4.69, 9.17) is 0 Å². The highest BCUT2D eigenvalue weighted by Gasteiger charge is 2.15. The van der Waals surface area contributed by atoms with Crippen molar-refractivity contribution in [2.75, 3.05) is 3.11 Å². The Morgan fingerprint density at radius 1 is 0.885 bits per heavy atom. The second-order valence-electron chi connectivity index (χ2n) is 6.93. The van der Waals surface area contributed by atoms with E-state index >= 15 is 0 Å². The summed E-state index contributed by atoms with van der Waals surface area (Å²) >= 11 is 4.38. The minimum Gasteiger partial charge on any atom is -0.282 e. The minimum absolute atomic E-state index is 0.744. The third kappa shape index (κ3) is 3.08. The van der Waals surface area contributed by atoms with Crippen molar-refractivity contribution in [1.82, 2.24) is 0 Å². The Kier molecular flexibility index (Phi) is 5.08. The van der Waals surface area contributed by atoms with Gasteiger partial charge in [-0.25, -0.2) is 0 Å². The van der Waals surface area contributed by atoms with E-state index in [-0.39, 0.29) is 0 Å². The molecule has 4 aromatic rings.